The Hall–Kier alpha value is -1.82. The van der Waals surface area contributed by atoms with E-state index in [-0.39, 0.29) is 11.5 Å². The molecule has 0 fully saturated rings. The second-order valence-electron chi connectivity index (χ2n) is 3.95. The van der Waals surface area contributed by atoms with Crippen LogP contribution >= 0.6 is 0 Å². The average molecular weight is 253 g/mol. The van der Waals surface area contributed by atoms with E-state index < -0.39 is 11.6 Å². The van der Waals surface area contributed by atoms with Gasteiger partial charge in [0, 0.05) is 6.42 Å². The third kappa shape index (κ3) is 2.38. The van der Waals surface area contributed by atoms with E-state index in [0.29, 0.717) is 30.8 Å². The Balaban J connectivity index is 2.37. The monoisotopic (exact) mass is 253 g/mol. The maximum absolute atomic E-state index is 13.8. The molecule has 1 aromatic carbocycles. The fourth-order valence-electron chi connectivity index (χ4n) is 1.56. The van der Waals surface area contributed by atoms with Crippen molar-refractivity contribution in [1.29, 1.82) is 0 Å². The number of aromatic nitrogens is 2. The molecule has 0 saturated carbocycles. The van der Waals surface area contributed by atoms with Crippen molar-refractivity contribution >= 4 is 0 Å². The lowest BCUT2D eigenvalue weighted by atomic mass is 10.1. The van der Waals surface area contributed by atoms with E-state index >= 15 is 0 Å². The summed E-state index contributed by atoms with van der Waals surface area (Å²) < 4.78 is 32.6. The molecule has 0 aliphatic rings. The van der Waals surface area contributed by atoms with Crippen LogP contribution in [-0.4, -0.2) is 16.7 Å². The average Bonchev–Trinajstić information content (AvgIpc) is 2.80. The lowest BCUT2D eigenvalue weighted by molar-refractivity contribution is 0.488. The number of benzene rings is 1. The highest BCUT2D eigenvalue weighted by molar-refractivity contribution is 5.56. The Bertz CT molecular complexity index is 554. The number of nitrogens with zero attached hydrogens (tertiary/aromatic N) is 2. The van der Waals surface area contributed by atoms with Gasteiger partial charge in [0.25, 0.3) is 5.89 Å². The molecule has 0 atom stereocenters. The molecule has 0 spiro atoms. The normalized spacial score (nSPS) is 10.9. The van der Waals surface area contributed by atoms with Gasteiger partial charge in [0.05, 0.1) is 0 Å². The fraction of sp³-hybridized carbons (Fsp3) is 0.333. The molecule has 18 heavy (non-hydrogen) atoms. The summed E-state index contributed by atoms with van der Waals surface area (Å²) in [5.41, 5.74) is 5.40. The predicted molar refractivity (Wildman–Crippen MR) is 61.8 cm³/mol. The number of hydrogen-bond acceptors (Lipinski definition) is 4. The van der Waals surface area contributed by atoms with E-state index in [2.05, 4.69) is 10.2 Å². The summed E-state index contributed by atoms with van der Waals surface area (Å²) >= 11 is 0. The molecular weight excluding hydrogens is 240 g/mol. The predicted octanol–water partition coefficient (Wildman–Crippen LogP) is 2.21. The van der Waals surface area contributed by atoms with Gasteiger partial charge in [-0.15, -0.1) is 10.2 Å². The highest BCUT2D eigenvalue weighted by Gasteiger charge is 2.19. The summed E-state index contributed by atoms with van der Waals surface area (Å²) in [6.45, 7) is 2.04. The topological polar surface area (TPSA) is 64.9 Å². The Morgan fingerprint density at radius 3 is 2.78 bits per heavy atom. The first-order valence-corrected chi connectivity index (χ1v) is 5.61. The number of rotatable bonds is 4. The highest BCUT2D eigenvalue weighted by Crippen LogP contribution is 2.26. The van der Waals surface area contributed by atoms with Crippen molar-refractivity contribution in [3.63, 3.8) is 0 Å². The molecule has 1 aromatic heterocycles. The molecule has 2 rings (SSSR count). The van der Waals surface area contributed by atoms with Crippen molar-refractivity contribution in [3.05, 3.63) is 35.2 Å². The zero-order chi connectivity index (χ0) is 13.1. The van der Waals surface area contributed by atoms with Crippen LogP contribution in [0.4, 0.5) is 8.78 Å². The van der Waals surface area contributed by atoms with Gasteiger partial charge < -0.3 is 10.2 Å². The van der Waals surface area contributed by atoms with Crippen LogP contribution in [0.25, 0.3) is 11.5 Å². The minimum atomic E-state index is -0.716. The van der Waals surface area contributed by atoms with Crippen molar-refractivity contribution in [2.24, 2.45) is 5.73 Å². The Labute approximate surface area is 103 Å². The van der Waals surface area contributed by atoms with Crippen molar-refractivity contribution < 1.29 is 13.2 Å². The van der Waals surface area contributed by atoms with Crippen LogP contribution in [0.3, 0.4) is 0 Å². The Morgan fingerprint density at radius 1 is 1.28 bits per heavy atom. The number of aryl methyl sites for hydroxylation is 2. The molecule has 0 radical (unpaired) electrons. The van der Waals surface area contributed by atoms with Crippen LogP contribution in [0.15, 0.2) is 16.5 Å². The van der Waals surface area contributed by atoms with Crippen LogP contribution in [-0.2, 0) is 6.42 Å². The molecule has 0 amide bonds. The van der Waals surface area contributed by atoms with Gasteiger partial charge in [-0.1, -0.05) is 6.07 Å². The molecule has 4 nitrogen and oxygen atoms in total. The van der Waals surface area contributed by atoms with Crippen molar-refractivity contribution in [2.75, 3.05) is 6.54 Å². The number of nitrogens with two attached hydrogens (primary N) is 1. The molecule has 0 unspecified atom stereocenters. The second-order valence-corrected chi connectivity index (χ2v) is 3.95. The van der Waals surface area contributed by atoms with Crippen molar-refractivity contribution in [1.82, 2.24) is 10.2 Å². The van der Waals surface area contributed by atoms with Gasteiger partial charge in [0.15, 0.2) is 0 Å². The maximum Gasteiger partial charge on any atom is 0.253 e. The zero-order valence-corrected chi connectivity index (χ0v) is 9.91. The lowest BCUT2D eigenvalue weighted by Gasteiger charge is -2.02. The van der Waals surface area contributed by atoms with E-state index in [9.17, 15) is 8.78 Å². The van der Waals surface area contributed by atoms with Crippen LogP contribution < -0.4 is 5.73 Å². The van der Waals surface area contributed by atoms with E-state index in [1.54, 1.807) is 6.92 Å². The lowest BCUT2D eigenvalue weighted by Crippen LogP contribution is -2.00. The van der Waals surface area contributed by atoms with Gasteiger partial charge in [-0.25, -0.2) is 8.78 Å². The van der Waals surface area contributed by atoms with Crippen LogP contribution in [0.2, 0.25) is 0 Å². The third-order valence-electron chi connectivity index (χ3n) is 2.56. The third-order valence-corrected chi connectivity index (χ3v) is 2.56. The van der Waals surface area contributed by atoms with Gasteiger partial charge >= 0.3 is 0 Å². The van der Waals surface area contributed by atoms with Crippen LogP contribution in [0.5, 0.6) is 0 Å². The minimum Gasteiger partial charge on any atom is -0.420 e. The summed E-state index contributed by atoms with van der Waals surface area (Å²) in [5.74, 6) is -1.20. The van der Waals surface area contributed by atoms with E-state index in [4.69, 9.17) is 10.2 Å². The molecule has 2 aromatic rings. The molecule has 0 saturated heterocycles. The largest absolute Gasteiger partial charge is 0.420 e. The fourth-order valence-corrected chi connectivity index (χ4v) is 1.56. The zero-order valence-electron chi connectivity index (χ0n) is 9.91. The van der Waals surface area contributed by atoms with Gasteiger partial charge in [-0.2, -0.15) is 0 Å². The second kappa shape index (κ2) is 5.22. The smallest absolute Gasteiger partial charge is 0.253 e. The Morgan fingerprint density at radius 2 is 2.06 bits per heavy atom. The number of halogens is 2. The quantitative estimate of drug-likeness (QED) is 0.907. The molecule has 1 heterocycles. The van der Waals surface area contributed by atoms with Gasteiger partial charge in [-0.3, -0.25) is 0 Å². The van der Waals surface area contributed by atoms with E-state index in [1.807, 2.05) is 0 Å². The van der Waals surface area contributed by atoms with Gasteiger partial charge in [0.1, 0.15) is 17.2 Å². The SMILES string of the molecule is Cc1ccc(F)c(-c2nnc(CCCN)o2)c1F. The van der Waals surface area contributed by atoms with E-state index in [0.717, 1.165) is 0 Å². The maximum atomic E-state index is 13.8. The summed E-state index contributed by atoms with van der Waals surface area (Å²) in [5, 5.41) is 7.40. The molecule has 2 N–H and O–H groups in total. The molecule has 0 aliphatic carbocycles. The molecule has 0 bridgehead atoms. The van der Waals surface area contributed by atoms with Crippen molar-refractivity contribution in [3.8, 4) is 11.5 Å². The molecule has 96 valence electrons. The van der Waals surface area contributed by atoms with Gasteiger partial charge in [-0.05, 0) is 31.5 Å². The molecule has 6 heteroatoms. The minimum absolute atomic E-state index is 0.138. The van der Waals surface area contributed by atoms with Gasteiger partial charge in [0.2, 0.25) is 5.89 Å². The standard InChI is InChI=1S/C12H13F2N3O/c1-7-4-5-8(13)10(11(7)14)12-17-16-9(18-12)3-2-6-15/h4-5H,2-3,6,15H2,1H3. The first kappa shape index (κ1) is 12.6. The highest BCUT2D eigenvalue weighted by atomic mass is 19.1. The summed E-state index contributed by atoms with van der Waals surface area (Å²) in [6.07, 6.45) is 1.18. The van der Waals surface area contributed by atoms with E-state index in [1.165, 1.54) is 12.1 Å². The first-order valence-electron chi connectivity index (χ1n) is 5.61. The summed E-state index contributed by atoms with van der Waals surface area (Å²) in [7, 11) is 0. The molecular formula is C12H13F2N3O. The van der Waals surface area contributed by atoms with Crippen LogP contribution in [0, 0.1) is 18.6 Å². The summed E-state index contributed by atoms with van der Waals surface area (Å²) in [4.78, 5) is 0. The molecule has 0 aliphatic heterocycles. The first-order chi connectivity index (χ1) is 8.63. The van der Waals surface area contributed by atoms with Crippen LogP contribution in [0.1, 0.15) is 17.9 Å². The Kier molecular flexibility index (Phi) is 3.66. The summed E-state index contributed by atoms with van der Waals surface area (Å²) in [6, 6.07) is 2.54. The van der Waals surface area contributed by atoms with Crippen molar-refractivity contribution in [2.45, 2.75) is 19.8 Å². The number of hydrogen-bond donors (Lipinski definition) is 1.